The summed E-state index contributed by atoms with van der Waals surface area (Å²) in [4.78, 5) is 11.5. The molecular formula is C15H32O2Sn. The molecular weight excluding hydrogens is 331 g/mol. The second-order valence-corrected chi connectivity index (χ2v) is 18.0. The fourth-order valence-electron chi connectivity index (χ4n) is 2.34. The number of unbranched alkanes of at least 4 members (excludes halogenated alkanes) is 5. The Kier molecular flexibility index (Phi) is 11.3. The van der Waals surface area contributed by atoms with Gasteiger partial charge in [0.15, 0.2) is 0 Å². The number of rotatable bonds is 11. The molecule has 0 atom stereocenters. The first-order valence-corrected chi connectivity index (χ1v) is 15.1. The van der Waals surface area contributed by atoms with Crippen LogP contribution in [0.3, 0.4) is 0 Å². The molecule has 0 radical (unpaired) electrons. The first kappa shape index (κ1) is 18.3. The summed E-state index contributed by atoms with van der Waals surface area (Å²) in [6, 6.07) is 0. The van der Waals surface area contributed by atoms with Gasteiger partial charge in [0.05, 0.1) is 0 Å². The summed E-state index contributed by atoms with van der Waals surface area (Å²) < 4.78 is 9.41. The summed E-state index contributed by atoms with van der Waals surface area (Å²) in [6.45, 7) is 8.59. The Morgan fingerprint density at radius 1 is 0.889 bits per heavy atom. The van der Waals surface area contributed by atoms with Crippen molar-refractivity contribution in [1.29, 1.82) is 0 Å². The van der Waals surface area contributed by atoms with Gasteiger partial charge >= 0.3 is 119 Å². The summed E-state index contributed by atoms with van der Waals surface area (Å²) in [6.07, 6.45) is 8.52. The molecule has 0 aromatic rings. The van der Waals surface area contributed by atoms with Crippen LogP contribution in [0.4, 0.5) is 0 Å². The molecule has 0 unspecified atom stereocenters. The van der Waals surface area contributed by atoms with Crippen molar-refractivity contribution in [2.45, 2.75) is 86.0 Å². The van der Waals surface area contributed by atoms with Crippen LogP contribution in [-0.4, -0.2) is 24.8 Å². The average Bonchev–Trinajstić information content (AvgIpc) is 2.41. The molecule has 0 heterocycles. The number of hydrogen-bond acceptors (Lipinski definition) is 2. The molecule has 0 aliphatic carbocycles. The van der Waals surface area contributed by atoms with Gasteiger partial charge in [-0.05, 0) is 0 Å². The Morgan fingerprint density at radius 3 is 1.94 bits per heavy atom. The molecule has 108 valence electrons. The minimum atomic E-state index is -2.54. The van der Waals surface area contributed by atoms with Gasteiger partial charge in [-0.25, -0.2) is 0 Å². The predicted octanol–water partition coefficient (Wildman–Crippen LogP) is 5.29. The van der Waals surface area contributed by atoms with Gasteiger partial charge in [-0.2, -0.15) is 0 Å². The van der Waals surface area contributed by atoms with Crippen molar-refractivity contribution in [1.82, 2.24) is 0 Å². The Morgan fingerprint density at radius 2 is 1.44 bits per heavy atom. The predicted molar refractivity (Wildman–Crippen MR) is 81.3 cm³/mol. The first-order valence-electron chi connectivity index (χ1n) is 7.86. The van der Waals surface area contributed by atoms with Crippen molar-refractivity contribution in [3.8, 4) is 0 Å². The molecule has 0 aliphatic rings. The third kappa shape index (κ3) is 7.65. The van der Waals surface area contributed by atoms with Crippen LogP contribution in [0.1, 0.15) is 72.6 Å². The second-order valence-electron chi connectivity index (χ2n) is 5.24. The van der Waals surface area contributed by atoms with E-state index in [9.17, 15) is 4.79 Å². The van der Waals surface area contributed by atoms with Crippen LogP contribution in [0.15, 0.2) is 0 Å². The molecule has 0 saturated carbocycles. The summed E-state index contributed by atoms with van der Waals surface area (Å²) in [5.41, 5.74) is 0. The van der Waals surface area contributed by atoms with E-state index in [1.54, 1.807) is 0 Å². The van der Waals surface area contributed by atoms with E-state index >= 15 is 0 Å². The maximum absolute atomic E-state index is 11.5. The summed E-state index contributed by atoms with van der Waals surface area (Å²) in [7, 11) is 0. The van der Waals surface area contributed by atoms with Crippen molar-refractivity contribution in [3.05, 3.63) is 0 Å². The third-order valence-electron chi connectivity index (χ3n) is 3.89. The molecule has 0 aliphatic heterocycles. The zero-order chi connectivity index (χ0) is 13.9. The van der Waals surface area contributed by atoms with Crippen molar-refractivity contribution in [2.24, 2.45) is 0 Å². The van der Waals surface area contributed by atoms with E-state index in [1.165, 1.54) is 43.0 Å². The standard InChI is InChI=1S/C8H17.C3H6O2.2C2H5.Sn/c1-3-5-7-8-6-4-2;1-2-3(4)5;2*1-2;/h1,3-8H2,2H3;2H2,1H3,(H,4,5);2*1H2,2H3;/q;;;;+1/p-1. The molecule has 0 aromatic carbocycles. The molecule has 3 heteroatoms. The quantitative estimate of drug-likeness (QED) is 0.369. The van der Waals surface area contributed by atoms with Crippen LogP contribution in [0, 0.1) is 0 Å². The van der Waals surface area contributed by atoms with E-state index in [-0.39, 0.29) is 5.97 Å². The van der Waals surface area contributed by atoms with Gasteiger partial charge in [0.2, 0.25) is 0 Å². The third-order valence-corrected chi connectivity index (χ3v) is 16.7. The Labute approximate surface area is 118 Å². The average molecular weight is 363 g/mol. The molecule has 0 fully saturated rings. The first-order chi connectivity index (χ1) is 8.64. The normalized spacial score (nSPS) is 11.6. The van der Waals surface area contributed by atoms with E-state index in [1.807, 2.05) is 6.92 Å². The van der Waals surface area contributed by atoms with Gasteiger partial charge in [0, 0.05) is 0 Å². The zero-order valence-electron chi connectivity index (χ0n) is 12.9. The van der Waals surface area contributed by atoms with E-state index < -0.39 is 18.8 Å². The van der Waals surface area contributed by atoms with Crippen LogP contribution in [0.2, 0.25) is 13.3 Å². The fourth-order valence-corrected chi connectivity index (χ4v) is 11.2. The Bertz CT molecular complexity index is 213. The van der Waals surface area contributed by atoms with E-state index in [0.29, 0.717) is 6.42 Å². The Balaban J connectivity index is 3.98. The second kappa shape index (κ2) is 11.1. The van der Waals surface area contributed by atoms with Crippen LogP contribution >= 0.6 is 0 Å². The van der Waals surface area contributed by atoms with Gasteiger partial charge in [-0.3, -0.25) is 0 Å². The van der Waals surface area contributed by atoms with Gasteiger partial charge in [-0.1, -0.05) is 0 Å². The molecule has 0 bridgehead atoms. The molecule has 0 spiro atoms. The van der Waals surface area contributed by atoms with Gasteiger partial charge in [0.25, 0.3) is 0 Å². The monoisotopic (exact) mass is 364 g/mol. The van der Waals surface area contributed by atoms with Crippen molar-refractivity contribution < 1.29 is 7.87 Å². The number of carbonyl (C=O) groups excluding carboxylic acids is 1. The number of hydrogen-bond donors (Lipinski definition) is 0. The van der Waals surface area contributed by atoms with Gasteiger partial charge < -0.3 is 0 Å². The van der Waals surface area contributed by atoms with E-state index in [0.717, 1.165) is 8.87 Å². The summed E-state index contributed by atoms with van der Waals surface area (Å²) in [5, 5.41) is 0. The van der Waals surface area contributed by atoms with E-state index in [2.05, 4.69) is 20.8 Å². The van der Waals surface area contributed by atoms with Crippen LogP contribution in [-0.2, 0) is 7.87 Å². The van der Waals surface area contributed by atoms with E-state index in [4.69, 9.17) is 3.07 Å². The van der Waals surface area contributed by atoms with Crippen LogP contribution in [0.5, 0.6) is 0 Å². The van der Waals surface area contributed by atoms with Crippen LogP contribution < -0.4 is 0 Å². The molecule has 0 rings (SSSR count). The van der Waals surface area contributed by atoms with Gasteiger partial charge in [0.1, 0.15) is 0 Å². The molecule has 0 aromatic heterocycles. The van der Waals surface area contributed by atoms with Crippen molar-refractivity contribution in [3.63, 3.8) is 0 Å². The summed E-state index contributed by atoms with van der Waals surface area (Å²) in [5.74, 6) is 0.0421. The molecule has 0 N–H and O–H groups in total. The number of carbonyl (C=O) groups is 1. The summed E-state index contributed by atoms with van der Waals surface area (Å²) >= 11 is -2.54. The topological polar surface area (TPSA) is 26.3 Å². The van der Waals surface area contributed by atoms with Crippen molar-refractivity contribution >= 4 is 24.8 Å². The maximum atomic E-state index is 11.5. The molecule has 18 heavy (non-hydrogen) atoms. The fraction of sp³-hybridized carbons (Fsp3) is 0.933. The minimum absolute atomic E-state index is 0.0421. The Hall–Kier alpha value is 0.269. The molecule has 2 nitrogen and oxygen atoms in total. The van der Waals surface area contributed by atoms with Crippen molar-refractivity contribution in [2.75, 3.05) is 0 Å². The molecule has 0 saturated heterocycles. The molecule has 0 amide bonds. The van der Waals surface area contributed by atoms with Gasteiger partial charge in [-0.15, -0.1) is 0 Å². The SMILES string of the molecule is CCCCCCC[CH2][Sn]([CH2]C)([CH2]C)[O]C(=O)CC. The zero-order valence-corrected chi connectivity index (χ0v) is 15.7. The van der Waals surface area contributed by atoms with Crippen LogP contribution in [0.25, 0.3) is 0 Å².